The molecule has 0 radical (unpaired) electrons. The van der Waals surface area contributed by atoms with Gasteiger partial charge < -0.3 is 5.73 Å². The summed E-state index contributed by atoms with van der Waals surface area (Å²) in [5.41, 5.74) is 5.61. The Balaban J connectivity index is 4.09. The van der Waals surface area contributed by atoms with E-state index in [1.54, 1.807) is 0 Å². The van der Waals surface area contributed by atoms with Crippen LogP contribution in [0.25, 0.3) is 0 Å². The molecule has 0 rings (SSSR count). The molecule has 0 aromatic rings. The van der Waals surface area contributed by atoms with Gasteiger partial charge in [-0.3, -0.25) is 0 Å². The average molecular weight is 225 g/mol. The van der Waals surface area contributed by atoms with E-state index in [1.807, 2.05) is 13.8 Å². The molecule has 4 heteroatoms. The van der Waals surface area contributed by atoms with Crippen LogP contribution in [-0.4, -0.2) is 12.2 Å². The van der Waals surface area contributed by atoms with Crippen molar-refractivity contribution in [2.24, 2.45) is 11.7 Å². The summed E-state index contributed by atoms with van der Waals surface area (Å²) in [6.07, 6.45) is -0.465. The molecule has 0 aromatic heterocycles. The van der Waals surface area contributed by atoms with E-state index in [1.165, 1.54) is 0 Å². The van der Waals surface area contributed by atoms with Crippen molar-refractivity contribution in [3.63, 3.8) is 0 Å². The summed E-state index contributed by atoms with van der Waals surface area (Å²) in [6.45, 7) is 4.03. The number of alkyl halides is 3. The molecule has 0 aromatic carbocycles. The standard InChI is InChI=1S/C11H22F3N/c1-3-5-7-9(6-4-2)10(15)8-11(12,13)14/h9-10H,3-8,15H2,1-2H3. The van der Waals surface area contributed by atoms with Gasteiger partial charge in [-0.1, -0.05) is 33.1 Å². The van der Waals surface area contributed by atoms with E-state index in [4.69, 9.17) is 5.73 Å². The van der Waals surface area contributed by atoms with Crippen molar-refractivity contribution in [2.45, 2.75) is 64.6 Å². The van der Waals surface area contributed by atoms with Crippen molar-refractivity contribution in [1.82, 2.24) is 0 Å². The number of rotatable bonds is 7. The lowest BCUT2D eigenvalue weighted by Gasteiger charge is -2.24. The van der Waals surface area contributed by atoms with Gasteiger partial charge in [0.05, 0.1) is 6.42 Å². The van der Waals surface area contributed by atoms with E-state index >= 15 is 0 Å². The Labute approximate surface area is 90.2 Å². The van der Waals surface area contributed by atoms with Gasteiger partial charge in [-0.25, -0.2) is 0 Å². The maximum absolute atomic E-state index is 12.1. The molecule has 0 fully saturated rings. The predicted octanol–water partition coefficient (Wildman–Crippen LogP) is 3.87. The Kier molecular flexibility index (Phi) is 6.98. The highest BCUT2D eigenvalue weighted by Gasteiger charge is 2.33. The van der Waals surface area contributed by atoms with Crippen molar-refractivity contribution < 1.29 is 13.2 Å². The number of hydrogen-bond acceptors (Lipinski definition) is 1. The Morgan fingerprint density at radius 3 is 2.07 bits per heavy atom. The summed E-state index contributed by atoms with van der Waals surface area (Å²) in [6, 6.07) is -0.725. The maximum Gasteiger partial charge on any atom is 0.390 e. The molecule has 0 heterocycles. The van der Waals surface area contributed by atoms with Gasteiger partial charge in [-0.05, 0) is 18.8 Å². The van der Waals surface area contributed by atoms with Gasteiger partial charge >= 0.3 is 6.18 Å². The topological polar surface area (TPSA) is 26.0 Å². The van der Waals surface area contributed by atoms with Crippen LogP contribution in [0.1, 0.15) is 52.4 Å². The number of halogens is 3. The smallest absolute Gasteiger partial charge is 0.327 e. The molecule has 2 N–H and O–H groups in total. The van der Waals surface area contributed by atoms with E-state index in [2.05, 4.69) is 0 Å². The Bertz CT molecular complexity index is 156. The fraction of sp³-hybridized carbons (Fsp3) is 1.00. The highest BCUT2D eigenvalue weighted by atomic mass is 19.4. The van der Waals surface area contributed by atoms with Crippen molar-refractivity contribution in [2.75, 3.05) is 0 Å². The third-order valence-corrected chi connectivity index (χ3v) is 2.66. The quantitative estimate of drug-likeness (QED) is 0.699. The zero-order chi connectivity index (χ0) is 11.9. The van der Waals surface area contributed by atoms with Gasteiger partial charge in [0, 0.05) is 6.04 Å². The summed E-state index contributed by atoms with van der Waals surface area (Å²) >= 11 is 0. The fourth-order valence-corrected chi connectivity index (χ4v) is 1.84. The largest absolute Gasteiger partial charge is 0.390 e. The molecule has 0 saturated heterocycles. The monoisotopic (exact) mass is 225 g/mol. The van der Waals surface area contributed by atoms with Crippen LogP contribution < -0.4 is 5.73 Å². The van der Waals surface area contributed by atoms with E-state index in [0.717, 1.165) is 32.1 Å². The van der Waals surface area contributed by atoms with Crippen LogP contribution in [0.2, 0.25) is 0 Å². The summed E-state index contributed by atoms with van der Waals surface area (Å²) in [5.74, 6) is 0.0246. The van der Waals surface area contributed by atoms with Gasteiger partial charge in [0.15, 0.2) is 0 Å². The van der Waals surface area contributed by atoms with Crippen molar-refractivity contribution in [3.8, 4) is 0 Å². The second-order valence-corrected chi connectivity index (χ2v) is 4.17. The molecule has 0 aliphatic carbocycles. The third-order valence-electron chi connectivity index (χ3n) is 2.66. The normalized spacial score (nSPS) is 16.4. The van der Waals surface area contributed by atoms with Gasteiger partial charge in [0.2, 0.25) is 0 Å². The van der Waals surface area contributed by atoms with E-state index in [0.29, 0.717) is 0 Å². The fourth-order valence-electron chi connectivity index (χ4n) is 1.84. The van der Waals surface area contributed by atoms with Crippen LogP contribution in [0.4, 0.5) is 13.2 Å². The summed E-state index contributed by atoms with van der Waals surface area (Å²) in [5, 5.41) is 0. The second kappa shape index (κ2) is 7.09. The summed E-state index contributed by atoms with van der Waals surface area (Å²) in [7, 11) is 0. The van der Waals surface area contributed by atoms with E-state index in [-0.39, 0.29) is 5.92 Å². The van der Waals surface area contributed by atoms with Crippen LogP contribution in [0.3, 0.4) is 0 Å². The first-order chi connectivity index (χ1) is 6.90. The highest BCUT2D eigenvalue weighted by Crippen LogP contribution is 2.27. The highest BCUT2D eigenvalue weighted by molar-refractivity contribution is 4.75. The first-order valence-corrected chi connectivity index (χ1v) is 5.73. The molecular formula is C11H22F3N. The lowest BCUT2D eigenvalue weighted by Crippen LogP contribution is -2.35. The second-order valence-electron chi connectivity index (χ2n) is 4.17. The van der Waals surface area contributed by atoms with Gasteiger partial charge in [0.25, 0.3) is 0 Å². The van der Waals surface area contributed by atoms with E-state index in [9.17, 15) is 13.2 Å². The van der Waals surface area contributed by atoms with Crippen molar-refractivity contribution in [3.05, 3.63) is 0 Å². The van der Waals surface area contributed by atoms with Crippen molar-refractivity contribution in [1.29, 1.82) is 0 Å². The number of unbranched alkanes of at least 4 members (excludes halogenated alkanes) is 1. The Hall–Kier alpha value is -0.250. The van der Waals surface area contributed by atoms with Crippen LogP contribution in [-0.2, 0) is 0 Å². The minimum Gasteiger partial charge on any atom is -0.327 e. The minimum absolute atomic E-state index is 0.0246. The first kappa shape index (κ1) is 14.8. The predicted molar refractivity (Wildman–Crippen MR) is 56.6 cm³/mol. The lowest BCUT2D eigenvalue weighted by atomic mass is 9.88. The Morgan fingerprint density at radius 1 is 1.07 bits per heavy atom. The molecule has 0 aliphatic heterocycles. The van der Waals surface area contributed by atoms with Crippen LogP contribution >= 0.6 is 0 Å². The van der Waals surface area contributed by atoms with Crippen LogP contribution in [0.5, 0.6) is 0 Å². The molecule has 15 heavy (non-hydrogen) atoms. The molecule has 0 aliphatic rings. The van der Waals surface area contributed by atoms with Gasteiger partial charge in [-0.15, -0.1) is 0 Å². The zero-order valence-corrected chi connectivity index (χ0v) is 9.61. The number of nitrogens with two attached hydrogens (primary N) is 1. The first-order valence-electron chi connectivity index (χ1n) is 5.73. The van der Waals surface area contributed by atoms with Gasteiger partial charge in [0.1, 0.15) is 0 Å². The molecule has 0 amide bonds. The lowest BCUT2D eigenvalue weighted by molar-refractivity contribution is -0.141. The molecule has 0 saturated carbocycles. The zero-order valence-electron chi connectivity index (χ0n) is 9.61. The minimum atomic E-state index is -4.13. The average Bonchev–Trinajstić information content (AvgIpc) is 2.09. The number of hydrogen-bond donors (Lipinski definition) is 1. The van der Waals surface area contributed by atoms with Crippen molar-refractivity contribution >= 4 is 0 Å². The van der Waals surface area contributed by atoms with E-state index < -0.39 is 18.6 Å². The van der Waals surface area contributed by atoms with Crippen LogP contribution in [0, 0.1) is 5.92 Å². The van der Waals surface area contributed by atoms with Crippen LogP contribution in [0.15, 0.2) is 0 Å². The summed E-state index contributed by atoms with van der Waals surface area (Å²) < 4.78 is 36.4. The molecule has 92 valence electrons. The molecule has 2 atom stereocenters. The SMILES string of the molecule is CCCCC(CCC)C(N)CC(F)(F)F. The Morgan fingerprint density at radius 2 is 1.67 bits per heavy atom. The molecule has 2 unspecified atom stereocenters. The third kappa shape index (κ3) is 7.65. The molecular weight excluding hydrogens is 203 g/mol. The maximum atomic E-state index is 12.1. The molecule has 0 bridgehead atoms. The molecule has 1 nitrogen and oxygen atoms in total. The molecule has 0 spiro atoms. The summed E-state index contributed by atoms with van der Waals surface area (Å²) in [4.78, 5) is 0. The van der Waals surface area contributed by atoms with Gasteiger partial charge in [-0.2, -0.15) is 13.2 Å².